The summed E-state index contributed by atoms with van der Waals surface area (Å²) in [6.07, 6.45) is -13.9. The number of ether oxygens (including phenoxy) is 1. The van der Waals surface area contributed by atoms with E-state index in [1.807, 2.05) is 0 Å². The predicted octanol–water partition coefficient (Wildman–Crippen LogP) is 5.60. The van der Waals surface area contributed by atoms with Crippen molar-refractivity contribution in [2.45, 2.75) is 66.8 Å². The van der Waals surface area contributed by atoms with Crippen LogP contribution in [0.15, 0.2) is 0 Å². The van der Waals surface area contributed by atoms with Crippen molar-refractivity contribution < 1.29 is 84.5 Å². The first-order valence-corrected chi connectivity index (χ1v) is 7.43. The molecule has 1 radical (unpaired) electrons. The predicted molar refractivity (Wildman–Crippen MR) is 67.5 cm³/mol. The van der Waals surface area contributed by atoms with Gasteiger partial charge in [0.15, 0.2) is 6.17 Å². The van der Waals surface area contributed by atoms with Crippen molar-refractivity contribution in [3.05, 3.63) is 6.92 Å². The molecule has 0 aromatic rings. The van der Waals surface area contributed by atoms with Crippen LogP contribution in [0.5, 0.6) is 0 Å². The van der Waals surface area contributed by atoms with Gasteiger partial charge in [-0.1, -0.05) is 0 Å². The number of hydrogen-bond acceptors (Lipinski definition) is 2. The zero-order chi connectivity index (χ0) is 26.6. The summed E-state index contributed by atoms with van der Waals surface area (Å²) in [6, 6.07) is 0. The number of aliphatic hydroxyl groups excluding tert-OH is 1. The van der Waals surface area contributed by atoms with Crippen molar-refractivity contribution in [3.8, 4) is 0 Å². The maximum absolute atomic E-state index is 13.4. The van der Waals surface area contributed by atoms with E-state index in [1.54, 1.807) is 0 Å². The second-order valence-corrected chi connectivity index (χ2v) is 6.17. The summed E-state index contributed by atoms with van der Waals surface area (Å²) in [6.45, 7) is -0.443. The average molecular weight is 521 g/mol. The van der Waals surface area contributed by atoms with Crippen LogP contribution in [-0.2, 0) is 4.74 Å². The Hall–Kier alpha value is -1.27. The minimum absolute atomic E-state index is 0.669. The second kappa shape index (κ2) is 8.19. The molecule has 1 N–H and O–H groups in total. The summed E-state index contributed by atoms with van der Waals surface area (Å²) >= 11 is 0. The average Bonchev–Trinajstić information content (AvgIpc) is 2.58. The van der Waals surface area contributed by atoms with E-state index in [0.717, 1.165) is 0 Å². The van der Waals surface area contributed by atoms with E-state index in [1.165, 1.54) is 0 Å². The lowest BCUT2D eigenvalue weighted by molar-refractivity contribution is -0.474. The first-order chi connectivity index (χ1) is 13.6. The van der Waals surface area contributed by atoms with Crippen LogP contribution < -0.4 is 0 Å². The Bertz CT molecular complexity index is 655. The van der Waals surface area contributed by atoms with E-state index in [4.69, 9.17) is 5.11 Å². The van der Waals surface area contributed by atoms with Gasteiger partial charge in [0.1, 0.15) is 0 Å². The van der Waals surface area contributed by atoms with Crippen LogP contribution in [0.3, 0.4) is 0 Å². The third kappa shape index (κ3) is 4.06. The largest absolute Gasteiger partial charge is 0.426 e. The molecule has 0 fully saturated rings. The van der Waals surface area contributed by atoms with Gasteiger partial charge in [0.25, 0.3) is 0 Å². The Labute approximate surface area is 166 Å². The van der Waals surface area contributed by atoms with Crippen molar-refractivity contribution in [1.82, 2.24) is 0 Å². The lowest BCUT2D eigenvalue weighted by Crippen LogP contribution is -2.75. The zero-order valence-electron chi connectivity index (χ0n) is 14.8. The molecule has 2 atom stereocenters. The molecule has 0 aliphatic heterocycles. The molecule has 0 aliphatic rings. The Balaban J connectivity index is 6.67. The Morgan fingerprint density at radius 1 is 0.625 bits per heavy atom. The van der Waals surface area contributed by atoms with Gasteiger partial charge in [-0.25, -0.2) is 4.39 Å². The van der Waals surface area contributed by atoms with Crippen molar-refractivity contribution in [2.24, 2.45) is 0 Å². The summed E-state index contributed by atoms with van der Waals surface area (Å²) in [4.78, 5) is 0. The summed E-state index contributed by atoms with van der Waals surface area (Å²) in [5, 5.41) is 8.44. The minimum atomic E-state index is -8.63. The quantitative estimate of drug-likeness (QED) is 0.359. The normalized spacial score (nSPS) is 18.0. The maximum atomic E-state index is 13.4. The van der Waals surface area contributed by atoms with Gasteiger partial charge in [0.05, 0.1) is 12.7 Å². The highest BCUT2D eigenvalue weighted by Gasteiger charge is 2.95. The van der Waals surface area contributed by atoms with E-state index in [0.29, 0.717) is 0 Å². The molecule has 193 valence electrons. The molecule has 32 heavy (non-hydrogen) atoms. The van der Waals surface area contributed by atoms with Crippen molar-refractivity contribution >= 4 is 0 Å². The van der Waals surface area contributed by atoms with Gasteiger partial charge in [-0.2, -0.15) is 70.2 Å². The number of halogens is 17. The van der Waals surface area contributed by atoms with E-state index < -0.39 is 73.4 Å². The Morgan fingerprint density at radius 2 is 0.906 bits per heavy atom. The van der Waals surface area contributed by atoms with Gasteiger partial charge >= 0.3 is 47.6 Å². The van der Waals surface area contributed by atoms with Gasteiger partial charge < -0.3 is 9.84 Å². The first-order valence-electron chi connectivity index (χ1n) is 7.43. The monoisotopic (exact) mass is 521 g/mol. The number of aliphatic hydroxyl groups is 1. The van der Waals surface area contributed by atoms with E-state index in [2.05, 4.69) is 11.7 Å². The third-order valence-electron chi connectivity index (χ3n) is 3.71. The summed E-state index contributed by atoms with van der Waals surface area (Å²) in [5.74, 6) is -56.9. The van der Waals surface area contributed by atoms with Crippen LogP contribution >= 0.6 is 0 Å². The molecular formula is C13H10F17O2. The second-order valence-electron chi connectivity index (χ2n) is 6.17. The Kier molecular flexibility index (Phi) is 7.87. The molecule has 0 saturated heterocycles. The van der Waals surface area contributed by atoms with Crippen LogP contribution in [0.4, 0.5) is 74.6 Å². The lowest BCUT2D eigenvalue weighted by atomic mass is 9.88. The van der Waals surface area contributed by atoms with Crippen LogP contribution in [0.25, 0.3) is 0 Å². The first kappa shape index (κ1) is 30.7. The van der Waals surface area contributed by atoms with E-state index in [9.17, 15) is 74.6 Å². The fraction of sp³-hybridized carbons (Fsp3) is 0.923. The maximum Gasteiger partial charge on any atom is 0.426 e. The van der Waals surface area contributed by atoms with E-state index in [-0.39, 0.29) is 0 Å². The molecular weight excluding hydrogens is 511 g/mol. The highest BCUT2D eigenvalue weighted by Crippen LogP contribution is 2.64. The van der Waals surface area contributed by atoms with Crippen molar-refractivity contribution in [3.63, 3.8) is 0 Å². The van der Waals surface area contributed by atoms with Gasteiger partial charge in [-0.15, -0.1) is 0 Å². The van der Waals surface area contributed by atoms with Gasteiger partial charge in [0.2, 0.25) is 0 Å². The molecule has 0 aliphatic carbocycles. The molecule has 2 unspecified atom stereocenters. The molecule has 0 aromatic heterocycles. The number of alkyl halides is 17. The Morgan fingerprint density at radius 3 is 1.19 bits per heavy atom. The van der Waals surface area contributed by atoms with E-state index >= 15 is 0 Å². The number of rotatable bonds is 11. The topological polar surface area (TPSA) is 29.5 Å². The highest BCUT2D eigenvalue weighted by molar-refractivity contribution is 5.15. The SMILES string of the molecule is [CH2]C(O)COC(F)(F)C(F)(F)C(F)(F)C(F)(F)C(F)(F)C(F)(F)C(F)(F)C(F)(F)C(C)F. The van der Waals surface area contributed by atoms with Gasteiger partial charge in [-0.3, -0.25) is 0 Å². The van der Waals surface area contributed by atoms with Crippen LogP contribution in [0, 0.1) is 6.92 Å². The molecule has 0 bridgehead atoms. The highest BCUT2D eigenvalue weighted by atomic mass is 19.4. The molecule has 0 saturated carbocycles. The fourth-order valence-electron chi connectivity index (χ4n) is 1.72. The molecule has 19 heteroatoms. The van der Waals surface area contributed by atoms with Crippen molar-refractivity contribution in [2.75, 3.05) is 6.61 Å². The molecule has 2 nitrogen and oxygen atoms in total. The molecule has 0 heterocycles. The molecule has 0 aromatic carbocycles. The standard InChI is InChI=1S/C13H10F17O2/c1-4(31)3-32-13(29,30)12(27,28)11(25,26)10(23,24)9(21,22)8(19,20)7(17,18)6(15,16)5(2)14/h4-5,31H,1,3H2,2H3. The molecule has 0 spiro atoms. The van der Waals surface area contributed by atoms with Gasteiger partial charge in [-0.05, 0) is 13.8 Å². The summed E-state index contributed by atoms with van der Waals surface area (Å²) < 4.78 is 228. The van der Waals surface area contributed by atoms with Crippen LogP contribution in [0.1, 0.15) is 6.92 Å². The fourth-order valence-corrected chi connectivity index (χ4v) is 1.72. The van der Waals surface area contributed by atoms with Crippen LogP contribution in [0.2, 0.25) is 0 Å². The molecule has 0 amide bonds. The summed E-state index contributed by atoms with van der Waals surface area (Å²) in [7, 11) is 0. The lowest BCUT2D eigenvalue weighted by Gasteiger charge is -2.43. The van der Waals surface area contributed by atoms with Crippen molar-refractivity contribution in [1.29, 1.82) is 0 Å². The molecule has 0 rings (SSSR count). The van der Waals surface area contributed by atoms with Gasteiger partial charge in [0, 0.05) is 0 Å². The smallest absolute Gasteiger partial charge is 0.391 e. The zero-order valence-corrected chi connectivity index (χ0v) is 14.8. The van der Waals surface area contributed by atoms with Crippen LogP contribution in [-0.4, -0.2) is 71.6 Å². The minimum Gasteiger partial charge on any atom is -0.391 e. The summed E-state index contributed by atoms with van der Waals surface area (Å²) in [5.41, 5.74) is 0. The number of hydrogen-bond donors (Lipinski definition) is 1. The third-order valence-corrected chi connectivity index (χ3v) is 3.71.